The maximum Gasteiger partial charge on any atom is 0.339 e. The lowest BCUT2D eigenvalue weighted by atomic mass is 9.89. The number of hydrogen-bond acceptors (Lipinski definition) is 4. The fourth-order valence-corrected chi connectivity index (χ4v) is 2.94. The molecular weight excluding hydrogens is 342 g/mol. The van der Waals surface area contributed by atoms with E-state index in [4.69, 9.17) is 16.3 Å². The highest BCUT2D eigenvalue weighted by molar-refractivity contribution is 6.30. The molecule has 3 rings (SSSR count). The number of ether oxygens (including phenoxy) is 1. The predicted octanol–water partition coefficient (Wildman–Crippen LogP) is 3.65. The Balaban J connectivity index is 1.82. The maximum atomic E-state index is 12.7. The average molecular weight is 358 g/mol. The molecule has 1 aliphatic heterocycles. The lowest BCUT2D eigenvalue weighted by Gasteiger charge is -2.33. The molecule has 0 bridgehead atoms. The summed E-state index contributed by atoms with van der Waals surface area (Å²) in [4.78, 5) is 36.2. The highest BCUT2D eigenvalue weighted by Gasteiger charge is 2.42. The molecule has 0 fully saturated rings. The SMILES string of the molecule is CC(=O)c1ccc(NC(=O)C2(C)Cc3cc(Cl)ccc3C(=O)O2)cc1. The number of nitrogens with one attached hydrogen (secondary N) is 1. The molecule has 1 unspecified atom stereocenters. The van der Waals surface area contributed by atoms with E-state index in [-0.39, 0.29) is 12.2 Å². The van der Waals surface area contributed by atoms with Gasteiger partial charge in [0.1, 0.15) is 0 Å². The maximum absolute atomic E-state index is 12.7. The minimum Gasteiger partial charge on any atom is -0.445 e. The van der Waals surface area contributed by atoms with Gasteiger partial charge >= 0.3 is 5.97 Å². The molecule has 5 nitrogen and oxygen atoms in total. The molecule has 0 spiro atoms. The average Bonchev–Trinajstić information content (AvgIpc) is 2.54. The van der Waals surface area contributed by atoms with Crippen molar-refractivity contribution < 1.29 is 19.1 Å². The zero-order chi connectivity index (χ0) is 18.2. The van der Waals surface area contributed by atoms with Gasteiger partial charge in [-0.2, -0.15) is 0 Å². The van der Waals surface area contributed by atoms with Crippen LogP contribution >= 0.6 is 11.6 Å². The number of halogens is 1. The summed E-state index contributed by atoms with van der Waals surface area (Å²) in [5.74, 6) is -1.05. The Bertz CT molecular complexity index is 875. The largest absolute Gasteiger partial charge is 0.445 e. The second-order valence-corrected chi connectivity index (χ2v) is 6.62. The lowest BCUT2D eigenvalue weighted by molar-refractivity contribution is -0.134. The summed E-state index contributed by atoms with van der Waals surface area (Å²) in [6, 6.07) is 11.4. The van der Waals surface area contributed by atoms with E-state index in [1.807, 2.05) is 0 Å². The van der Waals surface area contributed by atoms with Crippen LogP contribution in [0, 0.1) is 0 Å². The summed E-state index contributed by atoms with van der Waals surface area (Å²) in [5.41, 5.74) is 0.823. The molecule has 0 aromatic heterocycles. The molecule has 128 valence electrons. The van der Waals surface area contributed by atoms with E-state index in [2.05, 4.69) is 5.32 Å². The normalized spacial score (nSPS) is 18.9. The highest BCUT2D eigenvalue weighted by Crippen LogP contribution is 2.31. The second-order valence-electron chi connectivity index (χ2n) is 6.19. The molecule has 0 saturated heterocycles. The number of esters is 1. The first kappa shape index (κ1) is 17.2. The molecule has 0 radical (unpaired) electrons. The van der Waals surface area contributed by atoms with E-state index < -0.39 is 17.5 Å². The van der Waals surface area contributed by atoms with E-state index in [0.717, 1.165) is 0 Å². The number of anilines is 1. The van der Waals surface area contributed by atoms with Crippen molar-refractivity contribution >= 4 is 34.9 Å². The Labute approximate surface area is 149 Å². The van der Waals surface area contributed by atoms with Crippen LogP contribution in [0.5, 0.6) is 0 Å². The van der Waals surface area contributed by atoms with E-state index in [1.165, 1.54) is 6.92 Å². The van der Waals surface area contributed by atoms with Crippen LogP contribution < -0.4 is 5.32 Å². The Kier molecular flexibility index (Phi) is 4.35. The van der Waals surface area contributed by atoms with Crippen molar-refractivity contribution in [3.8, 4) is 0 Å². The highest BCUT2D eigenvalue weighted by atomic mass is 35.5. The first-order chi connectivity index (χ1) is 11.8. The Morgan fingerprint density at radius 3 is 2.48 bits per heavy atom. The van der Waals surface area contributed by atoms with Crippen LogP contribution in [0.2, 0.25) is 5.02 Å². The minimum atomic E-state index is -1.34. The fourth-order valence-electron chi connectivity index (χ4n) is 2.74. The number of ketones is 1. The molecule has 2 aromatic rings. The van der Waals surface area contributed by atoms with Gasteiger partial charge in [-0.05, 0) is 61.9 Å². The molecule has 0 aliphatic carbocycles. The standard InChI is InChI=1S/C19H16ClNO4/c1-11(22)12-3-6-15(7-4-12)21-18(24)19(2)10-13-9-14(20)5-8-16(13)17(23)25-19/h3-9H,10H2,1-2H3,(H,21,24). The number of rotatable bonds is 3. The molecule has 0 saturated carbocycles. The van der Waals surface area contributed by atoms with Gasteiger partial charge in [0.2, 0.25) is 0 Å². The van der Waals surface area contributed by atoms with Crippen LogP contribution in [0.4, 0.5) is 5.69 Å². The van der Waals surface area contributed by atoms with Gasteiger partial charge in [0, 0.05) is 22.7 Å². The van der Waals surface area contributed by atoms with E-state index in [0.29, 0.717) is 27.4 Å². The van der Waals surface area contributed by atoms with Crippen molar-refractivity contribution in [2.45, 2.75) is 25.9 Å². The summed E-state index contributed by atoms with van der Waals surface area (Å²) in [7, 11) is 0. The van der Waals surface area contributed by atoms with Crippen LogP contribution in [0.3, 0.4) is 0 Å². The third kappa shape index (κ3) is 3.42. The topological polar surface area (TPSA) is 72.5 Å². The van der Waals surface area contributed by atoms with Gasteiger partial charge in [-0.3, -0.25) is 9.59 Å². The van der Waals surface area contributed by atoms with E-state index in [1.54, 1.807) is 49.4 Å². The Hall–Kier alpha value is -2.66. The van der Waals surface area contributed by atoms with Gasteiger partial charge in [0.05, 0.1) is 5.56 Å². The van der Waals surface area contributed by atoms with E-state index in [9.17, 15) is 14.4 Å². The van der Waals surface area contributed by atoms with Crippen LogP contribution in [0.1, 0.15) is 40.1 Å². The van der Waals surface area contributed by atoms with Crippen molar-refractivity contribution in [2.75, 3.05) is 5.32 Å². The van der Waals surface area contributed by atoms with Gasteiger partial charge in [-0.15, -0.1) is 0 Å². The monoisotopic (exact) mass is 357 g/mol. The molecule has 1 N–H and O–H groups in total. The van der Waals surface area contributed by atoms with Crippen molar-refractivity contribution in [1.82, 2.24) is 0 Å². The first-order valence-corrected chi connectivity index (χ1v) is 8.10. The lowest BCUT2D eigenvalue weighted by Crippen LogP contribution is -2.48. The summed E-state index contributed by atoms with van der Waals surface area (Å²) >= 11 is 5.99. The third-order valence-corrected chi connectivity index (χ3v) is 4.40. The van der Waals surface area contributed by atoms with Crippen LogP contribution in [-0.2, 0) is 16.0 Å². The predicted molar refractivity (Wildman–Crippen MR) is 94.1 cm³/mol. The Morgan fingerprint density at radius 1 is 1.16 bits per heavy atom. The summed E-state index contributed by atoms with van der Waals surface area (Å²) in [6.45, 7) is 3.03. The quantitative estimate of drug-likeness (QED) is 0.672. The Morgan fingerprint density at radius 2 is 1.84 bits per heavy atom. The van der Waals surface area contributed by atoms with Gasteiger partial charge in [0.15, 0.2) is 11.4 Å². The smallest absolute Gasteiger partial charge is 0.339 e. The molecule has 1 aliphatic rings. The zero-order valence-corrected chi connectivity index (χ0v) is 14.5. The molecule has 1 amide bonds. The van der Waals surface area contributed by atoms with Gasteiger partial charge in [-0.1, -0.05) is 11.6 Å². The number of carbonyl (C=O) groups excluding carboxylic acids is 3. The second kappa shape index (κ2) is 6.33. The van der Waals surface area contributed by atoms with E-state index >= 15 is 0 Å². The number of carbonyl (C=O) groups is 3. The van der Waals surface area contributed by atoms with Crippen molar-refractivity contribution in [3.05, 3.63) is 64.2 Å². The summed E-state index contributed by atoms with van der Waals surface area (Å²) in [6.07, 6.45) is 0.228. The fraction of sp³-hybridized carbons (Fsp3) is 0.211. The molecule has 2 aromatic carbocycles. The van der Waals surface area contributed by atoms with Crippen molar-refractivity contribution in [2.24, 2.45) is 0 Å². The zero-order valence-electron chi connectivity index (χ0n) is 13.8. The molecule has 1 heterocycles. The molecule has 25 heavy (non-hydrogen) atoms. The number of benzene rings is 2. The minimum absolute atomic E-state index is 0.0560. The number of hydrogen-bond donors (Lipinski definition) is 1. The van der Waals surface area contributed by atoms with Gasteiger partial charge in [-0.25, -0.2) is 4.79 Å². The summed E-state index contributed by atoms with van der Waals surface area (Å²) < 4.78 is 5.39. The summed E-state index contributed by atoms with van der Waals surface area (Å²) in [5, 5.41) is 3.22. The number of cyclic esters (lactones) is 1. The van der Waals surface area contributed by atoms with Gasteiger partial charge in [0.25, 0.3) is 5.91 Å². The van der Waals surface area contributed by atoms with Crippen molar-refractivity contribution in [3.63, 3.8) is 0 Å². The molecule has 1 atom stereocenters. The molecular formula is C19H16ClNO4. The van der Waals surface area contributed by atoms with Crippen molar-refractivity contribution in [1.29, 1.82) is 0 Å². The number of fused-ring (bicyclic) bond motifs is 1. The van der Waals surface area contributed by atoms with Crippen LogP contribution in [-0.4, -0.2) is 23.3 Å². The number of Topliss-reactive ketones (excluding diaryl/α,β-unsaturated/α-hetero) is 1. The third-order valence-electron chi connectivity index (χ3n) is 4.16. The van der Waals surface area contributed by atoms with Crippen LogP contribution in [0.15, 0.2) is 42.5 Å². The van der Waals surface area contributed by atoms with Gasteiger partial charge < -0.3 is 10.1 Å². The number of amides is 1. The van der Waals surface area contributed by atoms with Crippen LogP contribution in [0.25, 0.3) is 0 Å². The molecule has 6 heteroatoms. The first-order valence-electron chi connectivity index (χ1n) is 7.73.